The average molecular weight is 475 g/mol. The van der Waals surface area contributed by atoms with Gasteiger partial charge in [0.2, 0.25) is 0 Å². The maximum absolute atomic E-state index is 14.0. The zero-order valence-electron chi connectivity index (χ0n) is 14.7. The van der Waals surface area contributed by atoms with Crippen LogP contribution in [-0.4, -0.2) is 15.6 Å². The van der Waals surface area contributed by atoms with Crippen molar-refractivity contribution in [2.45, 2.75) is 43.7 Å². The van der Waals surface area contributed by atoms with Crippen molar-refractivity contribution in [2.75, 3.05) is 5.32 Å². The minimum atomic E-state index is -0.242. The Morgan fingerprint density at radius 2 is 1.96 bits per heavy atom. The SMILES string of the molecule is Fc1ccc2c(c1)[C@H](Nc1ncnc3ccc(I)cc13)CC1(CCCC1)O2. The zero-order chi connectivity index (χ0) is 18.4. The van der Waals surface area contributed by atoms with Crippen LogP contribution in [0.5, 0.6) is 5.75 Å². The number of nitrogens with one attached hydrogen (secondary N) is 1. The Morgan fingerprint density at radius 3 is 2.81 bits per heavy atom. The molecule has 2 heterocycles. The number of hydrogen-bond donors (Lipinski definition) is 1. The molecule has 4 nitrogen and oxygen atoms in total. The van der Waals surface area contributed by atoms with E-state index in [2.05, 4.69) is 43.9 Å². The lowest BCUT2D eigenvalue weighted by Gasteiger charge is -2.40. The van der Waals surface area contributed by atoms with Crippen LogP contribution in [0.4, 0.5) is 10.2 Å². The third-order valence-electron chi connectivity index (χ3n) is 5.67. The Morgan fingerprint density at radius 1 is 1.11 bits per heavy atom. The highest BCUT2D eigenvalue weighted by Gasteiger charge is 2.43. The summed E-state index contributed by atoms with van der Waals surface area (Å²) in [6, 6.07) is 10.9. The molecule has 2 aromatic carbocycles. The molecule has 0 bridgehead atoms. The number of halogens is 2. The number of aromatic nitrogens is 2. The fourth-order valence-electron chi connectivity index (χ4n) is 4.40. The summed E-state index contributed by atoms with van der Waals surface area (Å²) in [5, 5.41) is 4.57. The number of ether oxygens (including phenoxy) is 1. The summed E-state index contributed by atoms with van der Waals surface area (Å²) in [6.07, 6.45) is 6.85. The number of anilines is 1. The molecule has 1 fully saturated rings. The molecule has 3 aromatic rings. The van der Waals surface area contributed by atoms with Gasteiger partial charge in [0.05, 0.1) is 11.6 Å². The molecule has 1 spiro atoms. The lowest BCUT2D eigenvalue weighted by atomic mass is 9.86. The monoisotopic (exact) mass is 475 g/mol. The lowest BCUT2D eigenvalue weighted by Crippen LogP contribution is -2.40. The van der Waals surface area contributed by atoms with Crippen LogP contribution < -0.4 is 10.1 Å². The van der Waals surface area contributed by atoms with Crippen molar-refractivity contribution in [3.63, 3.8) is 0 Å². The van der Waals surface area contributed by atoms with E-state index in [-0.39, 0.29) is 17.5 Å². The van der Waals surface area contributed by atoms with Crippen molar-refractivity contribution in [3.05, 3.63) is 57.7 Å². The van der Waals surface area contributed by atoms with E-state index in [4.69, 9.17) is 4.74 Å². The molecule has 0 amide bonds. The predicted molar refractivity (Wildman–Crippen MR) is 111 cm³/mol. The van der Waals surface area contributed by atoms with Crippen molar-refractivity contribution in [1.82, 2.24) is 9.97 Å². The van der Waals surface area contributed by atoms with Crippen LogP contribution in [0.15, 0.2) is 42.7 Å². The van der Waals surface area contributed by atoms with Crippen molar-refractivity contribution in [1.29, 1.82) is 0 Å². The number of rotatable bonds is 2. The van der Waals surface area contributed by atoms with Gasteiger partial charge in [0.1, 0.15) is 29.3 Å². The molecular weight excluding hydrogens is 456 g/mol. The second-order valence-electron chi connectivity index (χ2n) is 7.46. The summed E-state index contributed by atoms with van der Waals surface area (Å²) < 4.78 is 21.5. The molecule has 138 valence electrons. The number of hydrogen-bond acceptors (Lipinski definition) is 4. The van der Waals surface area contributed by atoms with Crippen LogP contribution in [0.25, 0.3) is 10.9 Å². The molecule has 6 heteroatoms. The molecule has 1 saturated carbocycles. The van der Waals surface area contributed by atoms with Gasteiger partial charge in [0, 0.05) is 20.9 Å². The first-order valence-electron chi connectivity index (χ1n) is 9.27. The lowest BCUT2D eigenvalue weighted by molar-refractivity contribution is 0.0451. The highest BCUT2D eigenvalue weighted by Crippen LogP contribution is 2.48. The van der Waals surface area contributed by atoms with Gasteiger partial charge >= 0.3 is 0 Å². The van der Waals surface area contributed by atoms with E-state index in [1.54, 1.807) is 18.5 Å². The Balaban J connectivity index is 1.58. The molecule has 1 atom stereocenters. The average Bonchev–Trinajstić information content (AvgIpc) is 3.10. The highest BCUT2D eigenvalue weighted by atomic mass is 127. The molecule has 0 unspecified atom stereocenters. The van der Waals surface area contributed by atoms with E-state index in [0.29, 0.717) is 0 Å². The molecule has 1 aliphatic carbocycles. The Bertz CT molecular complexity index is 1020. The summed E-state index contributed by atoms with van der Waals surface area (Å²) in [7, 11) is 0. The molecule has 5 rings (SSSR count). The van der Waals surface area contributed by atoms with Crippen molar-refractivity contribution >= 4 is 39.3 Å². The van der Waals surface area contributed by atoms with E-state index in [9.17, 15) is 4.39 Å². The van der Waals surface area contributed by atoms with Gasteiger partial charge in [0.15, 0.2) is 0 Å². The van der Waals surface area contributed by atoms with E-state index in [0.717, 1.165) is 50.9 Å². The fourth-order valence-corrected chi connectivity index (χ4v) is 4.90. The quantitative estimate of drug-likeness (QED) is 0.489. The van der Waals surface area contributed by atoms with Gasteiger partial charge < -0.3 is 10.1 Å². The van der Waals surface area contributed by atoms with Crippen molar-refractivity contribution in [2.24, 2.45) is 0 Å². The van der Waals surface area contributed by atoms with E-state index < -0.39 is 0 Å². The van der Waals surface area contributed by atoms with Gasteiger partial charge in [-0.15, -0.1) is 0 Å². The van der Waals surface area contributed by atoms with Crippen molar-refractivity contribution < 1.29 is 9.13 Å². The first kappa shape index (κ1) is 17.2. The normalized spacial score (nSPS) is 20.4. The Labute approximate surface area is 170 Å². The van der Waals surface area contributed by atoms with Gasteiger partial charge in [-0.3, -0.25) is 0 Å². The number of fused-ring (bicyclic) bond motifs is 2. The van der Waals surface area contributed by atoms with Gasteiger partial charge in [-0.25, -0.2) is 14.4 Å². The first-order chi connectivity index (χ1) is 13.1. The summed E-state index contributed by atoms with van der Waals surface area (Å²) in [5.41, 5.74) is 1.61. The van der Waals surface area contributed by atoms with Crippen LogP contribution >= 0.6 is 22.6 Å². The van der Waals surface area contributed by atoms with E-state index in [1.807, 2.05) is 12.1 Å². The van der Waals surface area contributed by atoms with E-state index >= 15 is 0 Å². The number of benzene rings is 2. The summed E-state index contributed by atoms with van der Waals surface area (Å²) >= 11 is 2.29. The second kappa shape index (κ2) is 6.58. The largest absolute Gasteiger partial charge is 0.487 e. The van der Waals surface area contributed by atoms with Gasteiger partial charge in [0.25, 0.3) is 0 Å². The minimum Gasteiger partial charge on any atom is -0.487 e. The maximum atomic E-state index is 14.0. The highest BCUT2D eigenvalue weighted by molar-refractivity contribution is 14.1. The second-order valence-corrected chi connectivity index (χ2v) is 8.70. The van der Waals surface area contributed by atoms with Crippen LogP contribution in [0.2, 0.25) is 0 Å². The molecule has 0 saturated heterocycles. The summed E-state index contributed by atoms with van der Waals surface area (Å²) in [4.78, 5) is 8.86. The maximum Gasteiger partial charge on any atom is 0.137 e. The zero-order valence-corrected chi connectivity index (χ0v) is 16.9. The topological polar surface area (TPSA) is 47.0 Å². The molecule has 0 radical (unpaired) electrons. The Kier molecular flexibility index (Phi) is 4.18. The van der Waals surface area contributed by atoms with Crippen LogP contribution in [0, 0.1) is 9.39 Å². The number of nitrogens with zero attached hydrogens (tertiary/aromatic N) is 2. The van der Waals surface area contributed by atoms with Gasteiger partial charge in [-0.05, 0) is 84.7 Å². The van der Waals surface area contributed by atoms with Gasteiger partial charge in [-0.1, -0.05) is 0 Å². The van der Waals surface area contributed by atoms with E-state index in [1.165, 1.54) is 18.9 Å². The molecular formula is C21H19FIN3O. The smallest absolute Gasteiger partial charge is 0.137 e. The molecule has 1 N–H and O–H groups in total. The Hall–Kier alpha value is -1.96. The van der Waals surface area contributed by atoms with Crippen LogP contribution in [0.3, 0.4) is 0 Å². The fraction of sp³-hybridized carbons (Fsp3) is 0.333. The minimum absolute atomic E-state index is 0.0430. The predicted octanol–water partition coefficient (Wildman–Crippen LogP) is 5.62. The molecule has 2 aliphatic rings. The standard InChI is InChI=1S/C21H19FIN3O/c22-13-3-6-19-15(9-13)18(11-21(27-19)7-1-2-8-21)26-20-16-10-14(23)4-5-17(16)24-12-25-20/h3-6,9-10,12,18H,1-2,7-8,11H2,(H,24,25,26)/t18-/m1/s1. The van der Waals surface area contributed by atoms with Gasteiger partial charge in [-0.2, -0.15) is 0 Å². The van der Waals surface area contributed by atoms with Crippen LogP contribution in [0.1, 0.15) is 43.7 Å². The first-order valence-corrected chi connectivity index (χ1v) is 10.4. The van der Waals surface area contributed by atoms with Crippen LogP contribution in [-0.2, 0) is 0 Å². The molecule has 27 heavy (non-hydrogen) atoms. The third-order valence-corrected chi connectivity index (χ3v) is 6.34. The summed E-state index contributed by atoms with van der Waals surface area (Å²) in [5.74, 6) is 1.33. The molecule has 1 aromatic heterocycles. The summed E-state index contributed by atoms with van der Waals surface area (Å²) in [6.45, 7) is 0. The molecule has 1 aliphatic heterocycles. The third kappa shape index (κ3) is 3.13. The van der Waals surface area contributed by atoms with Crippen molar-refractivity contribution in [3.8, 4) is 5.75 Å².